The molecule has 1 aliphatic heterocycles. The van der Waals surface area contributed by atoms with Gasteiger partial charge < -0.3 is 14.2 Å². The number of nitrogens with zero attached hydrogens (tertiary/aromatic N) is 5. The van der Waals surface area contributed by atoms with E-state index >= 15 is 0 Å². The van der Waals surface area contributed by atoms with Crippen LogP contribution in [0.15, 0.2) is 59.1 Å². The number of ether oxygens (including phenoxy) is 1. The molecule has 1 aliphatic carbocycles. The van der Waals surface area contributed by atoms with Gasteiger partial charge in [0, 0.05) is 41.4 Å². The Morgan fingerprint density at radius 2 is 1.76 bits per heavy atom. The van der Waals surface area contributed by atoms with Crippen molar-refractivity contribution in [3.8, 4) is 28.4 Å². The third kappa shape index (κ3) is 5.27. The highest BCUT2D eigenvalue weighted by atomic mass is 19.4. The highest BCUT2D eigenvalue weighted by Gasteiger charge is 2.35. The van der Waals surface area contributed by atoms with Crippen LogP contribution in [0.3, 0.4) is 0 Å². The summed E-state index contributed by atoms with van der Waals surface area (Å²) in [5.74, 6) is 1.60. The molecule has 0 bridgehead atoms. The lowest BCUT2D eigenvalue weighted by Crippen LogP contribution is -2.32. The standard InChI is InChI=1S/C27H25F3N6O2/c28-27(29,30)37-23-4-2-1-3-21(23)24-22(25(38-33-24)18-6-7-18)12-5-17-13-15-36(16-14-17)20-10-8-19(9-11-20)26-31-34-35-32-26/h1-5,8-12,17-18H,6-7,13-16H2,(H,31,32,34,35). The predicted molar refractivity (Wildman–Crippen MR) is 134 cm³/mol. The molecule has 0 unspecified atom stereocenters. The van der Waals surface area contributed by atoms with E-state index in [1.807, 2.05) is 18.2 Å². The Labute approximate surface area is 216 Å². The van der Waals surface area contributed by atoms with E-state index in [2.05, 4.69) is 53.6 Å². The normalized spacial score (nSPS) is 16.9. The van der Waals surface area contributed by atoms with Gasteiger partial charge in [-0.15, -0.1) is 23.4 Å². The van der Waals surface area contributed by atoms with Crippen molar-refractivity contribution in [2.24, 2.45) is 5.92 Å². The van der Waals surface area contributed by atoms with E-state index in [-0.39, 0.29) is 17.2 Å². The number of aromatic nitrogens is 5. The van der Waals surface area contributed by atoms with Crippen molar-refractivity contribution in [1.82, 2.24) is 25.8 Å². The Kier molecular flexibility index (Phi) is 6.34. The molecule has 196 valence electrons. The lowest BCUT2D eigenvalue weighted by molar-refractivity contribution is -0.274. The Hall–Kier alpha value is -4.15. The van der Waals surface area contributed by atoms with Gasteiger partial charge in [-0.3, -0.25) is 0 Å². The number of halogens is 3. The molecular weight excluding hydrogens is 497 g/mol. The van der Waals surface area contributed by atoms with Crippen molar-refractivity contribution in [3.63, 3.8) is 0 Å². The molecule has 0 amide bonds. The van der Waals surface area contributed by atoms with E-state index in [1.54, 1.807) is 12.1 Å². The first-order valence-corrected chi connectivity index (χ1v) is 12.6. The van der Waals surface area contributed by atoms with Crippen molar-refractivity contribution >= 4 is 11.8 Å². The Morgan fingerprint density at radius 3 is 2.45 bits per heavy atom. The van der Waals surface area contributed by atoms with Gasteiger partial charge >= 0.3 is 6.36 Å². The fourth-order valence-electron chi connectivity index (χ4n) is 4.87. The predicted octanol–water partition coefficient (Wildman–Crippen LogP) is 6.23. The number of hydrogen-bond donors (Lipinski definition) is 1. The molecule has 2 aromatic heterocycles. The Morgan fingerprint density at radius 1 is 1.00 bits per heavy atom. The molecule has 2 aliphatic rings. The number of piperidine rings is 1. The molecule has 3 heterocycles. The van der Waals surface area contributed by atoms with E-state index < -0.39 is 6.36 Å². The van der Waals surface area contributed by atoms with Gasteiger partial charge in [0.05, 0.1) is 0 Å². The maximum atomic E-state index is 13.0. The van der Waals surface area contributed by atoms with Gasteiger partial charge in [-0.2, -0.15) is 5.21 Å². The average molecular weight is 523 g/mol. The number of alkyl halides is 3. The second kappa shape index (κ2) is 9.96. The molecule has 38 heavy (non-hydrogen) atoms. The minimum absolute atomic E-state index is 0.254. The number of H-pyrrole nitrogens is 1. The van der Waals surface area contributed by atoms with Crippen LogP contribution >= 0.6 is 0 Å². The van der Waals surface area contributed by atoms with Crippen LogP contribution in [0.25, 0.3) is 28.7 Å². The first kappa shape index (κ1) is 24.2. The summed E-state index contributed by atoms with van der Waals surface area (Å²) in [7, 11) is 0. The van der Waals surface area contributed by atoms with Crippen LogP contribution in [0.2, 0.25) is 0 Å². The number of anilines is 1. The number of benzene rings is 2. The summed E-state index contributed by atoms with van der Waals surface area (Å²) in [6.45, 7) is 1.79. The first-order valence-electron chi connectivity index (χ1n) is 12.6. The minimum atomic E-state index is -4.80. The Balaban J connectivity index is 1.17. The van der Waals surface area contributed by atoms with Crippen LogP contribution in [0.1, 0.15) is 42.9 Å². The highest BCUT2D eigenvalue weighted by Crippen LogP contribution is 2.46. The van der Waals surface area contributed by atoms with Gasteiger partial charge in [-0.05, 0) is 73.2 Å². The largest absolute Gasteiger partial charge is 0.573 e. The van der Waals surface area contributed by atoms with Gasteiger partial charge in [0.15, 0.2) is 0 Å². The summed E-state index contributed by atoms with van der Waals surface area (Å²) >= 11 is 0. The van der Waals surface area contributed by atoms with Crippen LogP contribution in [-0.2, 0) is 0 Å². The fourth-order valence-corrected chi connectivity index (χ4v) is 4.87. The number of hydrogen-bond acceptors (Lipinski definition) is 7. The van der Waals surface area contributed by atoms with E-state index in [1.165, 1.54) is 12.1 Å². The second-order valence-electron chi connectivity index (χ2n) is 9.59. The summed E-state index contributed by atoms with van der Waals surface area (Å²) in [4.78, 5) is 2.34. The smallest absolute Gasteiger partial charge is 0.405 e. The fraction of sp³-hybridized carbons (Fsp3) is 0.333. The van der Waals surface area contributed by atoms with Gasteiger partial charge in [-0.25, -0.2) is 0 Å². The maximum absolute atomic E-state index is 13.0. The number of para-hydroxylation sites is 1. The van der Waals surface area contributed by atoms with Crippen molar-refractivity contribution in [2.45, 2.75) is 38.0 Å². The summed E-state index contributed by atoms with van der Waals surface area (Å²) in [6, 6.07) is 14.2. The molecule has 1 N–H and O–H groups in total. The number of allylic oxidation sites excluding steroid dienone is 1. The first-order chi connectivity index (χ1) is 18.4. The molecule has 1 saturated carbocycles. The van der Waals surface area contributed by atoms with Gasteiger partial charge in [0.1, 0.15) is 17.2 Å². The monoisotopic (exact) mass is 522 g/mol. The van der Waals surface area contributed by atoms with Gasteiger partial charge in [0.2, 0.25) is 5.82 Å². The van der Waals surface area contributed by atoms with Crippen LogP contribution in [0.5, 0.6) is 5.75 Å². The minimum Gasteiger partial charge on any atom is -0.405 e. The molecule has 0 atom stereocenters. The molecule has 2 aromatic carbocycles. The molecule has 1 saturated heterocycles. The topological polar surface area (TPSA) is 93.0 Å². The lowest BCUT2D eigenvalue weighted by atomic mass is 9.94. The third-order valence-electron chi connectivity index (χ3n) is 6.98. The van der Waals surface area contributed by atoms with Crippen LogP contribution in [0, 0.1) is 5.92 Å². The molecule has 4 aromatic rings. The molecule has 0 radical (unpaired) electrons. The van der Waals surface area contributed by atoms with Crippen molar-refractivity contribution in [2.75, 3.05) is 18.0 Å². The number of tetrazole rings is 1. The van der Waals surface area contributed by atoms with Crippen LogP contribution in [-0.4, -0.2) is 45.2 Å². The molecule has 0 spiro atoms. The maximum Gasteiger partial charge on any atom is 0.573 e. The van der Waals surface area contributed by atoms with E-state index in [9.17, 15) is 13.2 Å². The van der Waals surface area contributed by atoms with Gasteiger partial charge in [0.25, 0.3) is 0 Å². The van der Waals surface area contributed by atoms with Crippen LogP contribution in [0.4, 0.5) is 18.9 Å². The lowest BCUT2D eigenvalue weighted by Gasteiger charge is -2.32. The van der Waals surface area contributed by atoms with Crippen molar-refractivity contribution < 1.29 is 22.4 Å². The summed E-state index contributed by atoms with van der Waals surface area (Å²) in [5.41, 5.74) is 3.42. The number of rotatable bonds is 7. The summed E-state index contributed by atoms with van der Waals surface area (Å²) in [6.07, 6.45) is 3.21. The van der Waals surface area contributed by atoms with Crippen LogP contribution < -0.4 is 9.64 Å². The van der Waals surface area contributed by atoms with E-state index in [4.69, 9.17) is 4.52 Å². The zero-order chi connectivity index (χ0) is 26.1. The molecule has 8 nitrogen and oxygen atoms in total. The summed E-state index contributed by atoms with van der Waals surface area (Å²) in [5, 5.41) is 18.3. The third-order valence-corrected chi connectivity index (χ3v) is 6.98. The van der Waals surface area contributed by atoms with E-state index in [0.29, 0.717) is 17.4 Å². The zero-order valence-electron chi connectivity index (χ0n) is 20.4. The zero-order valence-corrected chi connectivity index (χ0v) is 20.4. The molecule has 6 rings (SSSR count). The SMILES string of the molecule is FC(F)(F)Oc1ccccc1-c1noc(C2CC2)c1C=CC1CCN(c2ccc(-c3nn[nH]n3)cc2)CC1. The number of nitrogens with one attached hydrogen (secondary N) is 1. The average Bonchev–Trinajstić information content (AvgIpc) is 3.43. The Bertz CT molecular complexity index is 1400. The quantitative estimate of drug-likeness (QED) is 0.308. The molecule has 2 fully saturated rings. The van der Waals surface area contributed by atoms with Crippen molar-refractivity contribution in [3.05, 3.63) is 65.9 Å². The molecule has 11 heteroatoms. The number of aromatic amines is 1. The summed E-state index contributed by atoms with van der Waals surface area (Å²) < 4.78 is 49.0. The highest BCUT2D eigenvalue weighted by molar-refractivity contribution is 5.77. The molecular formula is C27H25F3N6O2. The van der Waals surface area contributed by atoms with Crippen molar-refractivity contribution in [1.29, 1.82) is 0 Å². The van der Waals surface area contributed by atoms with E-state index in [0.717, 1.165) is 61.3 Å². The second-order valence-corrected chi connectivity index (χ2v) is 9.59. The van der Waals surface area contributed by atoms with Gasteiger partial charge in [-0.1, -0.05) is 29.4 Å².